The molecule has 1 fully saturated rings. The summed E-state index contributed by atoms with van der Waals surface area (Å²) in [6.45, 7) is 1.31. The van der Waals surface area contributed by atoms with Gasteiger partial charge in [-0.2, -0.15) is 0 Å². The van der Waals surface area contributed by atoms with Crippen molar-refractivity contribution in [2.24, 2.45) is 0 Å². The number of nitrogens with zero attached hydrogens (tertiary/aromatic N) is 1. The highest BCUT2D eigenvalue weighted by molar-refractivity contribution is 7.89. The van der Waals surface area contributed by atoms with Crippen molar-refractivity contribution >= 4 is 21.7 Å². The molecule has 1 amide bonds. The highest BCUT2D eigenvalue weighted by Crippen LogP contribution is 2.24. The van der Waals surface area contributed by atoms with Gasteiger partial charge in [-0.1, -0.05) is 42.5 Å². The first-order chi connectivity index (χ1) is 13.3. The molecular formula is C21H23NO5S. The number of likely N-dealkylation sites (tertiary alicyclic amines) is 1. The predicted octanol–water partition coefficient (Wildman–Crippen LogP) is 2.75. The molecule has 0 aromatic heterocycles. The summed E-state index contributed by atoms with van der Waals surface area (Å²) in [5, 5.41) is 0. The van der Waals surface area contributed by atoms with Crippen LogP contribution in [0.1, 0.15) is 40.4 Å². The van der Waals surface area contributed by atoms with Gasteiger partial charge in [0.15, 0.2) is 9.84 Å². The maximum absolute atomic E-state index is 12.9. The smallest absolute Gasteiger partial charge is 0.339 e. The molecule has 0 spiro atoms. The summed E-state index contributed by atoms with van der Waals surface area (Å²) < 4.78 is 28.6. The molecule has 1 aliphatic heterocycles. The van der Waals surface area contributed by atoms with Crippen LogP contribution in [0.15, 0.2) is 54.6 Å². The average Bonchev–Trinajstić information content (AvgIpc) is 3.20. The largest absolute Gasteiger partial charge is 0.444 e. The Morgan fingerprint density at radius 3 is 2.36 bits per heavy atom. The molecule has 3 rings (SSSR count). The van der Waals surface area contributed by atoms with Crippen LogP contribution in [0.5, 0.6) is 0 Å². The summed E-state index contributed by atoms with van der Waals surface area (Å²) in [6, 6.07) is 15.2. The number of sulfone groups is 1. The third kappa shape index (κ3) is 5.19. The monoisotopic (exact) mass is 401 g/mol. The van der Waals surface area contributed by atoms with Crippen LogP contribution in [0.4, 0.5) is 0 Å². The standard InChI is InChI=1S/C21H23NO5S/c1-28(25,26)15-16-8-7-11-18(14-16)21(24)27-19(17-9-3-2-4-10-17)20(23)22-12-5-6-13-22/h2-4,7-11,14,19H,5-6,12-13,15H2,1H3. The third-order valence-electron chi connectivity index (χ3n) is 4.56. The number of hydrogen-bond donors (Lipinski definition) is 0. The molecule has 2 aromatic rings. The Morgan fingerprint density at radius 2 is 1.71 bits per heavy atom. The number of carbonyl (C=O) groups is 2. The second-order valence-corrected chi connectivity index (χ2v) is 9.14. The summed E-state index contributed by atoms with van der Waals surface area (Å²) in [5.74, 6) is -1.05. The lowest BCUT2D eigenvalue weighted by Gasteiger charge is -2.23. The predicted molar refractivity (Wildman–Crippen MR) is 105 cm³/mol. The van der Waals surface area contributed by atoms with Crippen molar-refractivity contribution in [3.63, 3.8) is 0 Å². The van der Waals surface area contributed by atoms with Crippen LogP contribution in [-0.4, -0.2) is 44.5 Å². The Morgan fingerprint density at radius 1 is 1.04 bits per heavy atom. The van der Waals surface area contributed by atoms with Crippen LogP contribution < -0.4 is 0 Å². The minimum Gasteiger partial charge on any atom is -0.444 e. The van der Waals surface area contributed by atoms with Crippen LogP contribution in [0.2, 0.25) is 0 Å². The molecule has 0 aliphatic carbocycles. The molecule has 28 heavy (non-hydrogen) atoms. The van der Waals surface area contributed by atoms with Crippen molar-refractivity contribution in [3.05, 3.63) is 71.3 Å². The summed E-state index contributed by atoms with van der Waals surface area (Å²) in [6.07, 6.45) is 1.99. The molecular weight excluding hydrogens is 378 g/mol. The van der Waals surface area contributed by atoms with Crippen molar-refractivity contribution in [3.8, 4) is 0 Å². The van der Waals surface area contributed by atoms with Crippen molar-refractivity contribution < 1.29 is 22.7 Å². The summed E-state index contributed by atoms with van der Waals surface area (Å²) in [7, 11) is -3.22. The van der Waals surface area contributed by atoms with Gasteiger partial charge in [0.05, 0.1) is 11.3 Å². The first-order valence-electron chi connectivity index (χ1n) is 9.15. The van der Waals surface area contributed by atoms with E-state index in [-0.39, 0.29) is 17.2 Å². The van der Waals surface area contributed by atoms with Gasteiger partial charge in [0.25, 0.3) is 5.91 Å². The molecule has 1 aliphatic rings. The van der Waals surface area contributed by atoms with Crippen LogP contribution in [0, 0.1) is 0 Å². The molecule has 0 radical (unpaired) electrons. The lowest BCUT2D eigenvalue weighted by Crippen LogP contribution is -2.34. The van der Waals surface area contributed by atoms with Gasteiger partial charge >= 0.3 is 5.97 Å². The maximum Gasteiger partial charge on any atom is 0.339 e. The van der Waals surface area contributed by atoms with E-state index < -0.39 is 21.9 Å². The summed E-state index contributed by atoms with van der Waals surface area (Å²) in [4.78, 5) is 27.4. The average molecular weight is 401 g/mol. The van der Waals surface area contributed by atoms with Crippen LogP contribution in [-0.2, 0) is 25.1 Å². The van der Waals surface area contributed by atoms with E-state index in [0.29, 0.717) is 24.2 Å². The number of benzene rings is 2. The summed E-state index contributed by atoms with van der Waals surface area (Å²) >= 11 is 0. The lowest BCUT2D eigenvalue weighted by atomic mass is 10.1. The molecule has 0 bridgehead atoms. The molecule has 7 heteroatoms. The molecule has 1 heterocycles. The van der Waals surface area contributed by atoms with E-state index in [4.69, 9.17) is 4.74 Å². The number of amides is 1. The molecule has 1 unspecified atom stereocenters. The maximum atomic E-state index is 12.9. The van der Waals surface area contributed by atoms with Crippen molar-refractivity contribution in [1.82, 2.24) is 4.90 Å². The van der Waals surface area contributed by atoms with Crippen LogP contribution in [0.3, 0.4) is 0 Å². The summed E-state index contributed by atoms with van der Waals surface area (Å²) in [5.41, 5.74) is 1.33. The number of ether oxygens (including phenoxy) is 1. The first kappa shape index (κ1) is 20.1. The minimum atomic E-state index is -3.22. The Balaban J connectivity index is 1.83. The number of esters is 1. The van der Waals surface area contributed by atoms with E-state index >= 15 is 0 Å². The fourth-order valence-electron chi connectivity index (χ4n) is 3.26. The number of carbonyl (C=O) groups excluding carboxylic acids is 2. The van der Waals surface area contributed by atoms with Gasteiger partial charge in [-0.05, 0) is 30.5 Å². The second-order valence-electron chi connectivity index (χ2n) is 7.00. The van der Waals surface area contributed by atoms with Gasteiger partial charge in [0.1, 0.15) is 0 Å². The zero-order valence-electron chi connectivity index (χ0n) is 15.7. The minimum absolute atomic E-state index is 0.164. The third-order valence-corrected chi connectivity index (χ3v) is 5.42. The molecule has 0 saturated carbocycles. The van der Waals surface area contributed by atoms with E-state index in [9.17, 15) is 18.0 Å². The highest BCUT2D eigenvalue weighted by atomic mass is 32.2. The van der Waals surface area contributed by atoms with Gasteiger partial charge in [-0.15, -0.1) is 0 Å². The Labute approximate surface area is 165 Å². The van der Waals surface area contributed by atoms with E-state index in [1.165, 1.54) is 6.07 Å². The zero-order valence-corrected chi connectivity index (χ0v) is 16.5. The van der Waals surface area contributed by atoms with Crippen molar-refractivity contribution in [2.45, 2.75) is 24.7 Å². The van der Waals surface area contributed by atoms with Gasteiger partial charge in [0.2, 0.25) is 6.10 Å². The quantitative estimate of drug-likeness (QED) is 0.696. The van der Waals surface area contributed by atoms with Crippen LogP contribution >= 0.6 is 0 Å². The normalized spacial score (nSPS) is 15.2. The van der Waals surface area contributed by atoms with Crippen molar-refractivity contribution in [2.75, 3.05) is 19.3 Å². The fraction of sp³-hybridized carbons (Fsp3) is 0.333. The molecule has 148 valence electrons. The van der Waals surface area contributed by atoms with Gasteiger partial charge in [0, 0.05) is 24.9 Å². The van der Waals surface area contributed by atoms with E-state index in [0.717, 1.165) is 19.1 Å². The molecule has 6 nitrogen and oxygen atoms in total. The molecule has 0 N–H and O–H groups in total. The van der Waals surface area contributed by atoms with E-state index in [2.05, 4.69) is 0 Å². The number of hydrogen-bond acceptors (Lipinski definition) is 5. The van der Waals surface area contributed by atoms with Gasteiger partial charge < -0.3 is 9.64 Å². The Bertz CT molecular complexity index is 950. The second kappa shape index (κ2) is 8.56. The molecule has 2 aromatic carbocycles. The van der Waals surface area contributed by atoms with E-state index in [1.807, 2.05) is 6.07 Å². The lowest BCUT2D eigenvalue weighted by molar-refractivity contribution is -0.140. The molecule has 1 atom stereocenters. The first-order valence-corrected chi connectivity index (χ1v) is 11.2. The Kier molecular flexibility index (Phi) is 6.14. The zero-order chi connectivity index (χ0) is 20.1. The van der Waals surface area contributed by atoms with Gasteiger partial charge in [-0.3, -0.25) is 4.79 Å². The van der Waals surface area contributed by atoms with Gasteiger partial charge in [-0.25, -0.2) is 13.2 Å². The highest BCUT2D eigenvalue weighted by Gasteiger charge is 2.31. The molecule has 1 saturated heterocycles. The Hall–Kier alpha value is -2.67. The van der Waals surface area contributed by atoms with E-state index in [1.54, 1.807) is 47.4 Å². The topological polar surface area (TPSA) is 80.7 Å². The van der Waals surface area contributed by atoms with Crippen molar-refractivity contribution in [1.29, 1.82) is 0 Å². The van der Waals surface area contributed by atoms with Crippen LogP contribution in [0.25, 0.3) is 0 Å². The SMILES string of the molecule is CS(=O)(=O)Cc1cccc(C(=O)OC(C(=O)N2CCCC2)c2ccccc2)c1. The number of rotatable bonds is 6. The fourth-order valence-corrected chi connectivity index (χ4v) is 4.04.